The number of rotatable bonds is 9. The van der Waals surface area contributed by atoms with E-state index in [1.54, 1.807) is 20.4 Å². The second-order valence-corrected chi connectivity index (χ2v) is 6.67. The van der Waals surface area contributed by atoms with Gasteiger partial charge in [0.2, 0.25) is 0 Å². The Morgan fingerprint density at radius 3 is 2.34 bits per heavy atom. The molecule has 3 rings (SSSR count). The average molecular weight is 411 g/mol. The van der Waals surface area contributed by atoms with Gasteiger partial charge >= 0.3 is 0 Å². The first-order valence-electron chi connectivity index (χ1n) is 9.12. The minimum Gasteiger partial charge on any atom is -0.493 e. The Kier molecular flexibility index (Phi) is 7.36. The van der Waals surface area contributed by atoms with Crippen LogP contribution < -0.4 is 19.6 Å². The summed E-state index contributed by atoms with van der Waals surface area (Å²) in [6.07, 6.45) is 1.75. The van der Waals surface area contributed by atoms with Crippen molar-refractivity contribution in [3.05, 3.63) is 88.4 Å². The molecule has 0 unspecified atom stereocenters. The lowest BCUT2D eigenvalue weighted by Gasteiger charge is -2.10. The van der Waals surface area contributed by atoms with Crippen LogP contribution in [0.1, 0.15) is 16.7 Å². The first kappa shape index (κ1) is 20.6. The second kappa shape index (κ2) is 10.4. The van der Waals surface area contributed by atoms with Crippen molar-refractivity contribution in [3.63, 3.8) is 0 Å². The van der Waals surface area contributed by atoms with E-state index in [-0.39, 0.29) is 0 Å². The minimum absolute atomic E-state index is 0.459. The predicted octanol–water partition coefficient (Wildman–Crippen LogP) is 5.06. The summed E-state index contributed by atoms with van der Waals surface area (Å²) in [5.41, 5.74) is 6.02. The Morgan fingerprint density at radius 1 is 0.862 bits per heavy atom. The van der Waals surface area contributed by atoms with Crippen molar-refractivity contribution < 1.29 is 14.2 Å². The Labute approximate surface area is 175 Å². The molecule has 150 valence electrons. The molecule has 0 aliphatic rings. The number of halogens is 1. The standard InChI is InChI=1S/C23H23ClN2O3/c1-27-22-12-9-18(13-23(22)28-2)14-25-26-15-19-5-3-4-6-21(19)29-16-17-7-10-20(24)11-8-17/h3-13,15,25H,14,16H2,1-2H3/b26-15+. The molecule has 0 radical (unpaired) electrons. The zero-order chi connectivity index (χ0) is 20.5. The summed E-state index contributed by atoms with van der Waals surface area (Å²) in [6.45, 7) is 1.02. The maximum Gasteiger partial charge on any atom is 0.161 e. The minimum atomic E-state index is 0.459. The topological polar surface area (TPSA) is 52.1 Å². The van der Waals surface area contributed by atoms with E-state index in [0.29, 0.717) is 29.7 Å². The van der Waals surface area contributed by atoms with Crippen molar-refractivity contribution in [2.24, 2.45) is 5.10 Å². The lowest BCUT2D eigenvalue weighted by atomic mass is 10.2. The molecule has 3 aromatic carbocycles. The van der Waals surface area contributed by atoms with Gasteiger partial charge in [0.15, 0.2) is 11.5 Å². The summed E-state index contributed by atoms with van der Waals surface area (Å²) in [7, 11) is 3.24. The van der Waals surface area contributed by atoms with Gasteiger partial charge in [-0.1, -0.05) is 41.9 Å². The van der Waals surface area contributed by atoms with E-state index in [4.69, 9.17) is 25.8 Å². The van der Waals surface area contributed by atoms with Gasteiger partial charge < -0.3 is 19.6 Å². The van der Waals surface area contributed by atoms with E-state index in [1.165, 1.54) is 0 Å². The summed E-state index contributed by atoms with van der Waals surface area (Å²) >= 11 is 5.92. The zero-order valence-corrected chi connectivity index (χ0v) is 17.1. The molecule has 0 saturated heterocycles. The molecule has 1 N–H and O–H groups in total. The Hall–Kier alpha value is -3.18. The van der Waals surface area contributed by atoms with Gasteiger partial charge in [0, 0.05) is 10.6 Å². The van der Waals surface area contributed by atoms with Crippen LogP contribution >= 0.6 is 11.6 Å². The largest absolute Gasteiger partial charge is 0.493 e. The van der Waals surface area contributed by atoms with Crippen LogP contribution in [0.15, 0.2) is 71.8 Å². The van der Waals surface area contributed by atoms with Crippen molar-refractivity contribution >= 4 is 17.8 Å². The van der Waals surface area contributed by atoms with Gasteiger partial charge in [0.05, 0.1) is 27.0 Å². The highest BCUT2D eigenvalue weighted by molar-refractivity contribution is 6.30. The number of hydrogen-bond acceptors (Lipinski definition) is 5. The summed E-state index contributed by atoms with van der Waals surface area (Å²) in [5, 5.41) is 5.03. The van der Waals surface area contributed by atoms with E-state index >= 15 is 0 Å². The van der Waals surface area contributed by atoms with Crippen LogP contribution in [0.4, 0.5) is 0 Å². The lowest BCUT2D eigenvalue weighted by molar-refractivity contribution is 0.306. The molecule has 0 fully saturated rings. The lowest BCUT2D eigenvalue weighted by Crippen LogP contribution is -2.06. The molecule has 0 aliphatic heterocycles. The molecule has 0 aromatic heterocycles. The first-order valence-corrected chi connectivity index (χ1v) is 9.50. The van der Waals surface area contributed by atoms with E-state index in [0.717, 1.165) is 22.4 Å². The normalized spacial score (nSPS) is 10.7. The highest BCUT2D eigenvalue weighted by Gasteiger charge is 2.04. The molecule has 5 nitrogen and oxygen atoms in total. The maximum absolute atomic E-state index is 5.94. The molecule has 0 atom stereocenters. The van der Waals surface area contributed by atoms with Gasteiger partial charge in [0.1, 0.15) is 12.4 Å². The smallest absolute Gasteiger partial charge is 0.161 e. The molecule has 0 saturated carbocycles. The third kappa shape index (κ3) is 5.90. The number of hydrogen-bond donors (Lipinski definition) is 1. The van der Waals surface area contributed by atoms with E-state index in [2.05, 4.69) is 10.5 Å². The highest BCUT2D eigenvalue weighted by Crippen LogP contribution is 2.27. The van der Waals surface area contributed by atoms with Gasteiger partial charge in [-0.25, -0.2) is 0 Å². The van der Waals surface area contributed by atoms with Gasteiger partial charge in [-0.05, 0) is 47.5 Å². The van der Waals surface area contributed by atoms with Crippen LogP contribution in [0.3, 0.4) is 0 Å². The van der Waals surface area contributed by atoms with Gasteiger partial charge in [-0.2, -0.15) is 5.10 Å². The SMILES string of the molecule is COc1ccc(CN/N=C/c2ccccc2OCc2ccc(Cl)cc2)cc1OC. The average Bonchev–Trinajstić information content (AvgIpc) is 2.76. The molecule has 6 heteroatoms. The number of nitrogens with one attached hydrogen (secondary N) is 1. The maximum atomic E-state index is 5.94. The zero-order valence-electron chi connectivity index (χ0n) is 16.4. The fourth-order valence-electron chi connectivity index (χ4n) is 2.70. The van der Waals surface area contributed by atoms with Crippen molar-refractivity contribution in [1.29, 1.82) is 0 Å². The predicted molar refractivity (Wildman–Crippen MR) is 116 cm³/mol. The van der Waals surface area contributed by atoms with E-state index in [9.17, 15) is 0 Å². The molecule has 0 amide bonds. The molecular formula is C23H23ClN2O3. The number of benzene rings is 3. The van der Waals surface area contributed by atoms with Crippen molar-refractivity contribution in [2.75, 3.05) is 14.2 Å². The number of hydrazone groups is 1. The molecule has 0 bridgehead atoms. The first-order chi connectivity index (χ1) is 14.2. The van der Waals surface area contributed by atoms with Gasteiger partial charge in [-0.15, -0.1) is 0 Å². The van der Waals surface area contributed by atoms with Gasteiger partial charge in [0.25, 0.3) is 0 Å². The van der Waals surface area contributed by atoms with Crippen molar-refractivity contribution in [2.45, 2.75) is 13.2 Å². The van der Waals surface area contributed by atoms with Crippen LogP contribution in [-0.2, 0) is 13.2 Å². The molecular weight excluding hydrogens is 388 g/mol. The van der Waals surface area contributed by atoms with Crippen molar-refractivity contribution in [3.8, 4) is 17.2 Å². The van der Waals surface area contributed by atoms with Gasteiger partial charge in [-0.3, -0.25) is 0 Å². The fourth-order valence-corrected chi connectivity index (χ4v) is 2.83. The summed E-state index contributed by atoms with van der Waals surface area (Å²) in [5.74, 6) is 2.15. The molecule has 29 heavy (non-hydrogen) atoms. The third-order valence-electron chi connectivity index (χ3n) is 4.25. The summed E-state index contributed by atoms with van der Waals surface area (Å²) in [6, 6.07) is 21.1. The number of para-hydroxylation sites is 1. The monoisotopic (exact) mass is 410 g/mol. The fraction of sp³-hybridized carbons (Fsp3) is 0.174. The van der Waals surface area contributed by atoms with Crippen LogP contribution in [0.5, 0.6) is 17.2 Å². The quantitative estimate of drug-likeness (QED) is 0.395. The van der Waals surface area contributed by atoms with Crippen LogP contribution in [-0.4, -0.2) is 20.4 Å². The Morgan fingerprint density at radius 2 is 1.59 bits per heavy atom. The Balaban J connectivity index is 1.58. The number of nitrogens with zero attached hydrogens (tertiary/aromatic N) is 1. The summed E-state index contributed by atoms with van der Waals surface area (Å²) in [4.78, 5) is 0. The second-order valence-electron chi connectivity index (χ2n) is 6.24. The van der Waals surface area contributed by atoms with Crippen LogP contribution in [0, 0.1) is 0 Å². The summed E-state index contributed by atoms with van der Waals surface area (Å²) < 4.78 is 16.5. The number of ether oxygens (including phenoxy) is 3. The third-order valence-corrected chi connectivity index (χ3v) is 4.50. The van der Waals surface area contributed by atoms with Crippen molar-refractivity contribution in [1.82, 2.24) is 5.43 Å². The molecule has 3 aromatic rings. The Bertz CT molecular complexity index is 959. The molecule has 0 heterocycles. The molecule has 0 spiro atoms. The number of methoxy groups -OCH3 is 2. The van der Waals surface area contributed by atoms with E-state index < -0.39 is 0 Å². The van der Waals surface area contributed by atoms with Crippen LogP contribution in [0.25, 0.3) is 0 Å². The van der Waals surface area contributed by atoms with Crippen LogP contribution in [0.2, 0.25) is 5.02 Å². The highest BCUT2D eigenvalue weighted by atomic mass is 35.5. The van der Waals surface area contributed by atoms with E-state index in [1.807, 2.05) is 66.7 Å². The molecule has 0 aliphatic carbocycles.